The number of hydrogen-bond acceptors (Lipinski definition) is 23. The Kier molecular flexibility index (Phi) is 17.6. The molecule has 424 valence electrons. The molecule has 0 aromatic rings. The second-order valence-electron chi connectivity index (χ2n) is 23.3. The van der Waals surface area contributed by atoms with Crippen LogP contribution in [0.4, 0.5) is 0 Å². The normalized spacial score (nSPS) is 51.8. The Hall–Kier alpha value is -1.60. The topological polar surface area (TPSA) is 366 Å². The molecule has 0 bridgehead atoms. The predicted octanol–water partition coefficient (Wildman–Crippen LogP) is -3.09. The second kappa shape index (κ2) is 22.9. The SMILES string of the molecule is CC1=C(CC[C@@H](C)CO[C@@H]2O[C@H](CO)[C@@H](O)[C@H](O)[C@H]2O)OC2CC3C4CC=C5C[C@@H](O[C@@H]6O[C@H](CO)[C@@H](O[C@@H]7O[C@H](CO)[C@@H](O)[C@H](O)[C@H]7O)[C@H](O)[C@H]6O[C@@H]6O[C@H](CO)[C@@H](O)[C@H](O)[C@H]6O)CC[C@]5(C)C4CC[C@]3(C)C12. The van der Waals surface area contributed by atoms with E-state index in [0.29, 0.717) is 36.5 Å². The van der Waals surface area contributed by atoms with Crippen molar-refractivity contribution in [3.63, 3.8) is 0 Å². The lowest BCUT2D eigenvalue weighted by Crippen LogP contribution is -2.67. The first-order chi connectivity index (χ1) is 35.2. The smallest absolute Gasteiger partial charge is 0.187 e. The van der Waals surface area contributed by atoms with Crippen LogP contribution in [0, 0.1) is 40.4 Å². The van der Waals surface area contributed by atoms with Crippen molar-refractivity contribution in [1.82, 2.24) is 0 Å². The Balaban J connectivity index is 0.857. The molecule has 0 aromatic heterocycles. The molecule has 4 saturated heterocycles. The summed E-state index contributed by atoms with van der Waals surface area (Å²) in [6, 6.07) is 0. The minimum Gasteiger partial charge on any atom is -0.494 e. The molecule has 3 saturated carbocycles. The van der Waals surface area contributed by atoms with Crippen molar-refractivity contribution in [2.75, 3.05) is 33.0 Å². The molecule has 5 aliphatic heterocycles. The molecule has 74 heavy (non-hydrogen) atoms. The molecule has 0 spiro atoms. The molecule has 9 rings (SSSR count). The molecule has 9 aliphatic rings. The van der Waals surface area contributed by atoms with Gasteiger partial charge in [0.25, 0.3) is 0 Å². The van der Waals surface area contributed by atoms with Crippen LogP contribution in [0.25, 0.3) is 0 Å². The largest absolute Gasteiger partial charge is 0.494 e. The minimum absolute atomic E-state index is 0.0419. The number of aliphatic hydroxyl groups is 14. The van der Waals surface area contributed by atoms with Crippen molar-refractivity contribution < 1.29 is 114 Å². The summed E-state index contributed by atoms with van der Waals surface area (Å²) in [5.41, 5.74) is 2.46. The van der Waals surface area contributed by atoms with E-state index in [9.17, 15) is 71.5 Å². The molecule has 7 fully saturated rings. The summed E-state index contributed by atoms with van der Waals surface area (Å²) in [4.78, 5) is 0. The van der Waals surface area contributed by atoms with Gasteiger partial charge in [-0.1, -0.05) is 32.4 Å². The van der Waals surface area contributed by atoms with Crippen LogP contribution < -0.4 is 0 Å². The van der Waals surface area contributed by atoms with Gasteiger partial charge in [0, 0.05) is 12.3 Å². The van der Waals surface area contributed by atoms with Gasteiger partial charge in [-0.05, 0) is 98.4 Å². The maximum absolute atomic E-state index is 12.1. The molecule has 14 N–H and O–H groups in total. The lowest BCUT2D eigenvalue weighted by atomic mass is 9.47. The zero-order valence-electron chi connectivity index (χ0n) is 42.5. The Morgan fingerprint density at radius 2 is 1.15 bits per heavy atom. The van der Waals surface area contributed by atoms with Gasteiger partial charge < -0.3 is 114 Å². The molecule has 0 radical (unpaired) electrons. The van der Waals surface area contributed by atoms with E-state index in [4.69, 9.17) is 42.6 Å². The maximum Gasteiger partial charge on any atom is 0.187 e. The van der Waals surface area contributed by atoms with Crippen LogP contribution in [-0.2, 0) is 42.6 Å². The summed E-state index contributed by atoms with van der Waals surface area (Å²) in [5.74, 6) is 2.65. The second-order valence-corrected chi connectivity index (χ2v) is 23.3. The van der Waals surface area contributed by atoms with Crippen molar-refractivity contribution in [3.05, 3.63) is 23.0 Å². The van der Waals surface area contributed by atoms with Gasteiger partial charge in [-0.2, -0.15) is 0 Å². The Morgan fingerprint density at radius 1 is 0.608 bits per heavy atom. The maximum atomic E-state index is 12.1. The fourth-order valence-electron chi connectivity index (χ4n) is 14.6. The molecule has 23 nitrogen and oxygen atoms in total. The van der Waals surface area contributed by atoms with Crippen molar-refractivity contribution in [3.8, 4) is 0 Å². The van der Waals surface area contributed by atoms with Crippen LogP contribution in [0.3, 0.4) is 0 Å². The third-order valence-electron chi connectivity index (χ3n) is 18.9. The van der Waals surface area contributed by atoms with Crippen molar-refractivity contribution in [2.45, 2.75) is 221 Å². The summed E-state index contributed by atoms with van der Waals surface area (Å²) in [6.45, 7) is 6.48. The number of allylic oxidation sites excluding steroid dienone is 2. The lowest BCUT2D eigenvalue weighted by molar-refractivity contribution is -0.391. The molecule has 0 aromatic carbocycles. The molecule has 23 heteroatoms. The monoisotopic (exact) mass is 1060 g/mol. The molecule has 4 aliphatic carbocycles. The standard InChI is InChI=1S/C51H82O23/c1-20(19-66-46-40(62)37(59)34(56)29(15-52)69-46)5-8-27-21(2)33-28(68-27)14-26-24-7-6-22-13-23(9-11-50(22,3)25(24)10-12-51(26,33)4)67-49-45(74-48-42(64)39(61)36(58)31(17-54)71-48)43(65)44(32(18-55)72-49)73-47-41(63)38(60)35(57)30(16-53)70-47/h6,20,23-26,28-49,52-65H,5,7-19H2,1-4H3/t20-,23+,24?,25?,26?,28?,29-,30-,31-,32-,33?,34-,35-,36-,37+,38+,39+,40-,41-,42-,43+,44-,45-,46-,47+,48+,49-,50+,51+/m1/s1. The Labute approximate surface area is 430 Å². The number of hydrogen-bond donors (Lipinski definition) is 14. The Morgan fingerprint density at radius 3 is 1.73 bits per heavy atom. The van der Waals surface area contributed by atoms with Gasteiger partial charge in [-0.25, -0.2) is 0 Å². The van der Waals surface area contributed by atoms with E-state index >= 15 is 0 Å². The third-order valence-corrected chi connectivity index (χ3v) is 18.9. The summed E-state index contributed by atoms with van der Waals surface area (Å²) in [7, 11) is 0. The highest BCUT2D eigenvalue weighted by atomic mass is 16.8. The van der Waals surface area contributed by atoms with Gasteiger partial charge in [0.2, 0.25) is 0 Å². The van der Waals surface area contributed by atoms with Crippen LogP contribution >= 0.6 is 0 Å². The zero-order chi connectivity index (χ0) is 53.3. The number of ether oxygens (including phenoxy) is 9. The molecule has 0 amide bonds. The molecule has 29 atom stereocenters. The zero-order valence-corrected chi connectivity index (χ0v) is 42.5. The molecular formula is C51H82O23. The van der Waals surface area contributed by atoms with Crippen molar-refractivity contribution >= 4 is 0 Å². The van der Waals surface area contributed by atoms with Gasteiger partial charge >= 0.3 is 0 Å². The highest BCUT2D eigenvalue weighted by Gasteiger charge is 2.64. The van der Waals surface area contributed by atoms with Crippen LogP contribution in [0.1, 0.15) is 85.5 Å². The average molecular weight is 1060 g/mol. The summed E-state index contributed by atoms with van der Waals surface area (Å²) in [6.07, 6.45) is -22.2. The van der Waals surface area contributed by atoms with Crippen LogP contribution in [0.2, 0.25) is 0 Å². The third kappa shape index (κ3) is 10.3. The Bertz CT molecular complexity index is 1960. The first-order valence-electron chi connectivity index (χ1n) is 26.7. The number of aliphatic hydroxyl groups excluding tert-OH is 14. The van der Waals surface area contributed by atoms with Gasteiger partial charge in [0.15, 0.2) is 25.2 Å². The summed E-state index contributed by atoms with van der Waals surface area (Å²) < 4.78 is 54.4. The van der Waals surface area contributed by atoms with Gasteiger partial charge in [-0.15, -0.1) is 0 Å². The van der Waals surface area contributed by atoms with E-state index < -0.39 is 155 Å². The van der Waals surface area contributed by atoms with E-state index in [0.717, 1.165) is 50.7 Å². The van der Waals surface area contributed by atoms with Crippen LogP contribution in [0.5, 0.6) is 0 Å². The predicted molar refractivity (Wildman–Crippen MR) is 250 cm³/mol. The van der Waals surface area contributed by atoms with Gasteiger partial charge in [-0.3, -0.25) is 0 Å². The average Bonchev–Trinajstić information content (AvgIpc) is 3.88. The van der Waals surface area contributed by atoms with E-state index in [1.807, 2.05) is 6.92 Å². The van der Waals surface area contributed by atoms with Crippen molar-refractivity contribution in [2.24, 2.45) is 40.4 Å². The fraction of sp³-hybridized carbons (Fsp3) is 0.922. The number of fused-ring (bicyclic) bond motifs is 7. The summed E-state index contributed by atoms with van der Waals surface area (Å²) in [5, 5.41) is 146. The first-order valence-corrected chi connectivity index (χ1v) is 26.7. The van der Waals surface area contributed by atoms with Crippen molar-refractivity contribution in [1.29, 1.82) is 0 Å². The van der Waals surface area contributed by atoms with E-state index in [-0.39, 0.29) is 29.5 Å². The quantitative estimate of drug-likeness (QED) is 0.0682. The molecular weight excluding hydrogens is 981 g/mol. The fourth-order valence-corrected chi connectivity index (χ4v) is 14.6. The summed E-state index contributed by atoms with van der Waals surface area (Å²) >= 11 is 0. The highest BCUT2D eigenvalue weighted by Crippen LogP contribution is 2.69. The lowest BCUT2D eigenvalue weighted by Gasteiger charge is -2.58. The highest BCUT2D eigenvalue weighted by molar-refractivity contribution is 5.30. The minimum atomic E-state index is -1.88. The van der Waals surface area contributed by atoms with E-state index in [2.05, 4.69) is 26.8 Å². The van der Waals surface area contributed by atoms with Gasteiger partial charge in [0.1, 0.15) is 104 Å². The van der Waals surface area contributed by atoms with E-state index in [1.54, 1.807) is 0 Å². The van der Waals surface area contributed by atoms with Gasteiger partial charge in [0.05, 0.1) is 44.9 Å². The molecule has 5 unspecified atom stereocenters. The molecule has 5 heterocycles. The van der Waals surface area contributed by atoms with E-state index in [1.165, 1.54) is 11.1 Å². The first kappa shape index (κ1) is 57.1. The van der Waals surface area contributed by atoms with Crippen LogP contribution in [-0.4, -0.2) is 240 Å². The van der Waals surface area contributed by atoms with Crippen LogP contribution in [0.15, 0.2) is 23.0 Å². The number of rotatable bonds is 16.